The molecule has 1 aliphatic heterocycles. The fraction of sp³-hybridized carbons (Fsp3) is 0.400. The molecular weight excluding hydrogens is 410 g/mol. The van der Waals surface area contributed by atoms with E-state index in [1.807, 2.05) is 43.0 Å². The standard InChI is InChI=1S/C25H31NO6/c1-7-30-23(27)16(4)14-19-12-10-11-13-22(19)26-17(5)20(24(28)31-8-2)15-21(18(26)6)25(29)32-9-3/h10-14H,7-9,15H2,1-6H3. The quantitative estimate of drug-likeness (QED) is 0.333. The minimum atomic E-state index is -0.472. The smallest absolute Gasteiger partial charge is 0.336 e. The van der Waals surface area contributed by atoms with Gasteiger partial charge in [0, 0.05) is 23.4 Å². The maximum atomic E-state index is 12.7. The van der Waals surface area contributed by atoms with Crippen molar-refractivity contribution in [2.75, 3.05) is 24.7 Å². The van der Waals surface area contributed by atoms with Crippen LogP contribution in [-0.2, 0) is 28.6 Å². The summed E-state index contributed by atoms with van der Waals surface area (Å²) >= 11 is 0. The summed E-state index contributed by atoms with van der Waals surface area (Å²) in [6.07, 6.45) is 1.86. The lowest BCUT2D eigenvalue weighted by molar-refractivity contribution is -0.140. The Morgan fingerprint density at radius 2 is 1.38 bits per heavy atom. The van der Waals surface area contributed by atoms with Crippen LogP contribution in [0.2, 0.25) is 0 Å². The number of ether oxygens (including phenoxy) is 3. The number of carbonyl (C=O) groups excluding carboxylic acids is 3. The summed E-state index contributed by atoms with van der Waals surface area (Å²) in [4.78, 5) is 39.4. The predicted molar refractivity (Wildman–Crippen MR) is 122 cm³/mol. The maximum Gasteiger partial charge on any atom is 0.336 e. The lowest BCUT2D eigenvalue weighted by atomic mass is 9.95. The zero-order valence-electron chi connectivity index (χ0n) is 19.6. The highest BCUT2D eigenvalue weighted by Gasteiger charge is 2.32. The minimum Gasteiger partial charge on any atom is -0.463 e. The van der Waals surface area contributed by atoms with E-state index in [-0.39, 0.29) is 26.2 Å². The molecule has 0 unspecified atom stereocenters. The third-order valence-electron chi connectivity index (χ3n) is 5.09. The van der Waals surface area contributed by atoms with Crippen molar-refractivity contribution in [1.29, 1.82) is 0 Å². The van der Waals surface area contributed by atoms with Crippen molar-refractivity contribution in [2.24, 2.45) is 0 Å². The molecule has 0 spiro atoms. The van der Waals surface area contributed by atoms with Gasteiger partial charge < -0.3 is 19.1 Å². The highest BCUT2D eigenvalue weighted by Crippen LogP contribution is 2.38. The summed E-state index contributed by atoms with van der Waals surface area (Å²) in [5, 5.41) is 0. The van der Waals surface area contributed by atoms with Crippen molar-refractivity contribution in [3.05, 3.63) is 57.9 Å². The number of anilines is 1. The Bertz CT molecular complexity index is 946. The third-order valence-corrected chi connectivity index (χ3v) is 5.09. The van der Waals surface area contributed by atoms with Gasteiger partial charge in [-0.2, -0.15) is 0 Å². The van der Waals surface area contributed by atoms with Crippen LogP contribution in [0.3, 0.4) is 0 Å². The molecule has 1 aromatic rings. The lowest BCUT2D eigenvalue weighted by Gasteiger charge is -2.34. The van der Waals surface area contributed by atoms with Gasteiger partial charge in [-0.05, 0) is 59.2 Å². The van der Waals surface area contributed by atoms with Gasteiger partial charge in [-0.1, -0.05) is 18.2 Å². The van der Waals surface area contributed by atoms with E-state index in [0.29, 0.717) is 28.1 Å². The van der Waals surface area contributed by atoms with Gasteiger partial charge in [0.2, 0.25) is 0 Å². The number of rotatable bonds is 8. The Hall–Kier alpha value is -3.35. The van der Waals surface area contributed by atoms with Crippen LogP contribution < -0.4 is 4.90 Å². The molecule has 0 N–H and O–H groups in total. The Morgan fingerprint density at radius 1 is 0.875 bits per heavy atom. The van der Waals surface area contributed by atoms with Gasteiger partial charge in [0.15, 0.2) is 0 Å². The topological polar surface area (TPSA) is 82.1 Å². The molecule has 0 saturated heterocycles. The van der Waals surface area contributed by atoms with E-state index in [1.165, 1.54) is 0 Å². The van der Waals surface area contributed by atoms with E-state index >= 15 is 0 Å². The average Bonchev–Trinajstić information content (AvgIpc) is 2.75. The second kappa shape index (κ2) is 11.3. The van der Waals surface area contributed by atoms with Crippen LogP contribution in [0.4, 0.5) is 5.69 Å². The Morgan fingerprint density at radius 3 is 1.88 bits per heavy atom. The average molecular weight is 442 g/mol. The SMILES string of the molecule is CCOC(=O)C(C)=Cc1ccccc1N1C(C)=C(C(=O)OCC)CC(C(=O)OCC)=C1C. The van der Waals surface area contributed by atoms with Crippen LogP contribution >= 0.6 is 0 Å². The first-order valence-electron chi connectivity index (χ1n) is 10.7. The number of nitrogens with zero attached hydrogens (tertiary/aromatic N) is 1. The molecule has 0 aliphatic carbocycles. The van der Waals surface area contributed by atoms with Crippen LogP contribution in [0.15, 0.2) is 52.4 Å². The molecule has 32 heavy (non-hydrogen) atoms. The van der Waals surface area contributed by atoms with Crippen LogP contribution in [0.5, 0.6) is 0 Å². The normalized spacial score (nSPS) is 14.4. The molecule has 7 heteroatoms. The van der Waals surface area contributed by atoms with Crippen molar-refractivity contribution in [3.63, 3.8) is 0 Å². The van der Waals surface area contributed by atoms with Gasteiger partial charge in [-0.25, -0.2) is 14.4 Å². The van der Waals surface area contributed by atoms with Gasteiger partial charge >= 0.3 is 17.9 Å². The molecule has 0 aromatic heterocycles. The molecule has 1 aliphatic rings. The van der Waals surface area contributed by atoms with Crippen molar-refractivity contribution in [3.8, 4) is 0 Å². The van der Waals surface area contributed by atoms with Gasteiger partial charge in [-0.3, -0.25) is 0 Å². The fourth-order valence-corrected chi connectivity index (χ4v) is 3.54. The van der Waals surface area contributed by atoms with Crippen molar-refractivity contribution in [1.82, 2.24) is 0 Å². The Kier molecular flexibility index (Phi) is 8.81. The third kappa shape index (κ3) is 5.46. The fourth-order valence-electron chi connectivity index (χ4n) is 3.54. The second-order valence-corrected chi connectivity index (χ2v) is 7.19. The first-order chi connectivity index (χ1) is 15.3. The highest BCUT2D eigenvalue weighted by atomic mass is 16.5. The number of hydrogen-bond acceptors (Lipinski definition) is 7. The maximum absolute atomic E-state index is 12.7. The largest absolute Gasteiger partial charge is 0.463 e. The van der Waals surface area contributed by atoms with Gasteiger partial charge in [0.05, 0.1) is 36.7 Å². The van der Waals surface area contributed by atoms with Crippen molar-refractivity contribution < 1.29 is 28.6 Å². The van der Waals surface area contributed by atoms with E-state index in [1.54, 1.807) is 33.8 Å². The summed E-state index contributed by atoms with van der Waals surface area (Å²) in [6, 6.07) is 7.44. The lowest BCUT2D eigenvalue weighted by Crippen LogP contribution is -2.31. The number of para-hydroxylation sites is 1. The van der Waals surface area contributed by atoms with Gasteiger partial charge in [-0.15, -0.1) is 0 Å². The Balaban J connectivity index is 2.67. The van der Waals surface area contributed by atoms with Crippen molar-refractivity contribution in [2.45, 2.75) is 48.0 Å². The number of esters is 3. The van der Waals surface area contributed by atoms with E-state index in [2.05, 4.69) is 0 Å². The van der Waals surface area contributed by atoms with Crippen LogP contribution in [0.1, 0.15) is 53.5 Å². The molecule has 0 fully saturated rings. The zero-order chi connectivity index (χ0) is 23.8. The van der Waals surface area contributed by atoms with Crippen LogP contribution in [0.25, 0.3) is 6.08 Å². The highest BCUT2D eigenvalue weighted by molar-refractivity contribution is 5.99. The summed E-state index contributed by atoms with van der Waals surface area (Å²) < 4.78 is 15.6. The van der Waals surface area contributed by atoms with Crippen molar-refractivity contribution >= 4 is 29.7 Å². The number of carbonyl (C=O) groups is 3. The summed E-state index contributed by atoms with van der Waals surface area (Å²) in [7, 11) is 0. The molecule has 1 heterocycles. The van der Waals surface area contributed by atoms with Gasteiger partial charge in [0.1, 0.15) is 0 Å². The van der Waals surface area contributed by atoms with Crippen LogP contribution in [-0.4, -0.2) is 37.7 Å². The number of benzene rings is 1. The molecule has 1 aromatic carbocycles. The molecule has 2 rings (SSSR count). The molecular formula is C25H31NO6. The molecule has 7 nitrogen and oxygen atoms in total. The second-order valence-electron chi connectivity index (χ2n) is 7.19. The summed E-state index contributed by atoms with van der Waals surface area (Å²) in [6.45, 7) is 11.3. The monoisotopic (exact) mass is 441 g/mol. The first kappa shape index (κ1) is 24.9. The molecule has 0 bridgehead atoms. The number of hydrogen-bond donors (Lipinski definition) is 0. The Labute approximate surface area is 189 Å². The first-order valence-corrected chi connectivity index (χ1v) is 10.7. The van der Waals surface area contributed by atoms with E-state index in [9.17, 15) is 14.4 Å². The predicted octanol–water partition coefficient (Wildman–Crippen LogP) is 4.54. The summed E-state index contributed by atoms with van der Waals surface area (Å²) in [5.41, 5.74) is 3.99. The van der Waals surface area contributed by atoms with E-state index < -0.39 is 17.9 Å². The van der Waals surface area contributed by atoms with E-state index in [0.717, 1.165) is 11.3 Å². The summed E-state index contributed by atoms with van der Waals surface area (Å²) in [5.74, 6) is -1.35. The molecule has 0 saturated carbocycles. The van der Waals surface area contributed by atoms with Gasteiger partial charge in [0.25, 0.3) is 0 Å². The number of allylic oxidation sites excluding steroid dienone is 2. The zero-order valence-corrected chi connectivity index (χ0v) is 19.6. The van der Waals surface area contributed by atoms with Crippen LogP contribution in [0, 0.1) is 0 Å². The molecule has 172 valence electrons. The van der Waals surface area contributed by atoms with E-state index in [4.69, 9.17) is 14.2 Å². The molecule has 0 amide bonds. The minimum absolute atomic E-state index is 0.131. The molecule has 0 radical (unpaired) electrons. The molecule has 0 atom stereocenters.